The van der Waals surface area contributed by atoms with Crippen molar-refractivity contribution in [1.29, 1.82) is 0 Å². The van der Waals surface area contributed by atoms with Gasteiger partial charge < -0.3 is 10.8 Å². The molecule has 0 saturated heterocycles. The first-order chi connectivity index (χ1) is 9.06. The number of rotatable bonds is 1. The number of hydrogen-bond acceptors (Lipinski definition) is 5. The molecule has 0 amide bonds. The molecule has 2 aromatic heterocycles. The molecule has 0 atom stereocenters. The zero-order chi connectivity index (χ0) is 13.6. The van der Waals surface area contributed by atoms with Crippen molar-refractivity contribution in [3.8, 4) is 17.0 Å². The Morgan fingerprint density at radius 2 is 2.00 bits per heavy atom. The van der Waals surface area contributed by atoms with Gasteiger partial charge in [0.15, 0.2) is 0 Å². The van der Waals surface area contributed by atoms with Crippen LogP contribution in [0.3, 0.4) is 0 Å². The van der Waals surface area contributed by atoms with Crippen molar-refractivity contribution < 1.29 is 5.11 Å². The summed E-state index contributed by atoms with van der Waals surface area (Å²) in [6, 6.07) is 6.96. The third-order valence-electron chi connectivity index (χ3n) is 2.63. The molecule has 0 saturated carbocycles. The number of halogens is 1. The summed E-state index contributed by atoms with van der Waals surface area (Å²) < 4.78 is 1.96. The molecule has 0 bridgehead atoms. The van der Waals surface area contributed by atoms with Gasteiger partial charge >= 0.3 is 0 Å². The van der Waals surface area contributed by atoms with Gasteiger partial charge in [-0.25, -0.2) is 0 Å². The van der Waals surface area contributed by atoms with E-state index in [-0.39, 0.29) is 23.2 Å². The molecule has 0 unspecified atom stereocenters. The molecule has 19 heavy (non-hydrogen) atoms. The highest BCUT2D eigenvalue weighted by Crippen LogP contribution is 2.26. The molecule has 0 aliphatic heterocycles. The van der Waals surface area contributed by atoms with E-state index >= 15 is 0 Å². The van der Waals surface area contributed by atoms with Crippen molar-refractivity contribution in [2.75, 3.05) is 5.73 Å². The average molecular weight is 322 g/mol. The molecule has 0 radical (unpaired) electrons. The van der Waals surface area contributed by atoms with Gasteiger partial charge in [-0.15, -0.1) is 5.10 Å². The zero-order valence-corrected chi connectivity index (χ0v) is 11.0. The first-order valence-corrected chi connectivity index (χ1v) is 6.09. The van der Waals surface area contributed by atoms with Crippen LogP contribution in [0.25, 0.3) is 16.9 Å². The fraction of sp³-hybridized carbons (Fsp3) is 0. The van der Waals surface area contributed by atoms with Gasteiger partial charge in [0.05, 0.1) is 0 Å². The number of nitrogens with one attached hydrogen (secondary N) is 1. The lowest BCUT2D eigenvalue weighted by atomic mass is 10.1. The fourth-order valence-corrected chi connectivity index (χ4v) is 2.07. The maximum Gasteiger partial charge on any atom is 0.264 e. The molecule has 4 N–H and O–H groups in total. The summed E-state index contributed by atoms with van der Waals surface area (Å²) in [4.78, 5) is 18.3. The lowest BCUT2D eigenvalue weighted by molar-refractivity contribution is 0.437. The summed E-state index contributed by atoms with van der Waals surface area (Å²) >= 11 is 3.31. The molecule has 0 aliphatic rings. The van der Waals surface area contributed by atoms with Gasteiger partial charge in [-0.1, -0.05) is 28.1 Å². The molecule has 7 nitrogen and oxygen atoms in total. The van der Waals surface area contributed by atoms with Crippen molar-refractivity contribution in [2.45, 2.75) is 0 Å². The summed E-state index contributed by atoms with van der Waals surface area (Å²) in [6.45, 7) is 0. The van der Waals surface area contributed by atoms with Crippen LogP contribution in [-0.2, 0) is 0 Å². The summed E-state index contributed by atoms with van der Waals surface area (Å²) in [5.41, 5.74) is 5.66. The van der Waals surface area contributed by atoms with Crippen molar-refractivity contribution in [3.05, 3.63) is 39.1 Å². The summed E-state index contributed by atoms with van der Waals surface area (Å²) in [5, 5.41) is 14.0. The SMILES string of the molecule is Nc1nc2[nH]c(=O)c(-c3ccc(Br)cc3)c(O)n2n1. The smallest absolute Gasteiger partial charge is 0.264 e. The third-order valence-corrected chi connectivity index (χ3v) is 3.16. The Bertz CT molecular complexity index is 821. The number of nitrogen functional groups attached to an aromatic ring is 1. The number of nitrogens with two attached hydrogens (primary N) is 1. The van der Waals surface area contributed by atoms with Crippen molar-refractivity contribution in [3.63, 3.8) is 0 Å². The summed E-state index contributed by atoms with van der Waals surface area (Å²) in [7, 11) is 0. The number of aromatic nitrogens is 4. The zero-order valence-electron chi connectivity index (χ0n) is 9.46. The largest absolute Gasteiger partial charge is 0.493 e. The second-order valence-electron chi connectivity index (χ2n) is 3.87. The minimum Gasteiger partial charge on any atom is -0.493 e. The van der Waals surface area contributed by atoms with E-state index in [4.69, 9.17) is 5.73 Å². The Morgan fingerprint density at radius 1 is 1.32 bits per heavy atom. The number of fused-ring (bicyclic) bond motifs is 1. The lowest BCUT2D eigenvalue weighted by Gasteiger charge is -2.04. The number of H-pyrrole nitrogens is 1. The van der Waals surface area contributed by atoms with E-state index < -0.39 is 5.56 Å². The van der Waals surface area contributed by atoms with Crippen LogP contribution in [0.2, 0.25) is 0 Å². The first kappa shape index (κ1) is 11.7. The fourth-order valence-electron chi connectivity index (χ4n) is 1.80. The van der Waals surface area contributed by atoms with Crippen LogP contribution in [0, 0.1) is 0 Å². The number of anilines is 1. The molecule has 0 fully saturated rings. The molecule has 2 heterocycles. The summed E-state index contributed by atoms with van der Waals surface area (Å²) in [6.07, 6.45) is 0. The Kier molecular flexibility index (Phi) is 2.53. The normalized spacial score (nSPS) is 11.0. The number of benzene rings is 1. The van der Waals surface area contributed by atoms with Crippen LogP contribution < -0.4 is 11.3 Å². The van der Waals surface area contributed by atoms with E-state index in [0.29, 0.717) is 5.56 Å². The Balaban J connectivity index is 2.34. The van der Waals surface area contributed by atoms with Gasteiger partial charge in [0.2, 0.25) is 17.6 Å². The lowest BCUT2D eigenvalue weighted by Crippen LogP contribution is -2.12. The quantitative estimate of drug-likeness (QED) is 0.622. The number of nitrogens with zero attached hydrogens (tertiary/aromatic N) is 3. The van der Waals surface area contributed by atoms with Crippen LogP contribution in [-0.4, -0.2) is 24.7 Å². The van der Waals surface area contributed by atoms with E-state index in [1.54, 1.807) is 24.3 Å². The molecule has 3 aromatic rings. The second-order valence-corrected chi connectivity index (χ2v) is 4.78. The second kappa shape index (κ2) is 4.09. The van der Waals surface area contributed by atoms with E-state index in [2.05, 4.69) is 31.0 Å². The van der Waals surface area contributed by atoms with Gasteiger partial charge in [0.25, 0.3) is 5.56 Å². The predicted molar refractivity (Wildman–Crippen MR) is 72.8 cm³/mol. The number of hydrogen-bond donors (Lipinski definition) is 3. The van der Waals surface area contributed by atoms with E-state index in [0.717, 1.165) is 8.99 Å². The van der Waals surface area contributed by atoms with Crippen LogP contribution in [0.15, 0.2) is 33.5 Å². The van der Waals surface area contributed by atoms with Gasteiger partial charge in [0.1, 0.15) is 5.56 Å². The van der Waals surface area contributed by atoms with Crippen molar-refractivity contribution in [2.24, 2.45) is 0 Å². The van der Waals surface area contributed by atoms with Crippen LogP contribution in [0.4, 0.5) is 5.95 Å². The number of aromatic amines is 1. The standard InChI is InChI=1S/C11H8BrN5O2/c12-6-3-1-5(2-4-6)7-8(18)14-11-15-10(13)16-17(11)9(7)19/h1-4,19H,(H3,13,14,15,16,18). The molecule has 3 rings (SSSR count). The Morgan fingerprint density at radius 3 is 2.68 bits per heavy atom. The molecular formula is C11H8BrN5O2. The number of aromatic hydroxyl groups is 1. The maximum atomic E-state index is 12.0. The molecule has 1 aromatic carbocycles. The van der Waals surface area contributed by atoms with Crippen molar-refractivity contribution in [1.82, 2.24) is 19.6 Å². The van der Waals surface area contributed by atoms with Gasteiger partial charge in [-0.2, -0.15) is 9.50 Å². The van der Waals surface area contributed by atoms with Crippen molar-refractivity contribution >= 4 is 27.7 Å². The van der Waals surface area contributed by atoms with E-state index in [9.17, 15) is 9.90 Å². The van der Waals surface area contributed by atoms with Crippen LogP contribution in [0.5, 0.6) is 5.88 Å². The third kappa shape index (κ3) is 1.85. The topological polar surface area (TPSA) is 109 Å². The maximum absolute atomic E-state index is 12.0. The Labute approximate surface area is 114 Å². The molecule has 8 heteroatoms. The molecule has 96 valence electrons. The van der Waals surface area contributed by atoms with Gasteiger partial charge in [-0.3, -0.25) is 9.78 Å². The monoisotopic (exact) mass is 321 g/mol. The minimum absolute atomic E-state index is 0.0288. The average Bonchev–Trinajstić information content (AvgIpc) is 2.72. The Hall–Kier alpha value is -2.35. The highest BCUT2D eigenvalue weighted by atomic mass is 79.9. The predicted octanol–water partition coefficient (Wildman–Crippen LogP) is 1.13. The van der Waals surface area contributed by atoms with Gasteiger partial charge in [0, 0.05) is 4.47 Å². The van der Waals surface area contributed by atoms with E-state index in [1.807, 2.05) is 0 Å². The summed E-state index contributed by atoms with van der Waals surface area (Å²) in [5.74, 6) is -0.231. The minimum atomic E-state index is -0.459. The molecule has 0 spiro atoms. The molecular weight excluding hydrogens is 314 g/mol. The van der Waals surface area contributed by atoms with E-state index in [1.165, 1.54) is 0 Å². The van der Waals surface area contributed by atoms with Crippen LogP contribution in [0.1, 0.15) is 0 Å². The van der Waals surface area contributed by atoms with Crippen LogP contribution >= 0.6 is 15.9 Å². The highest BCUT2D eigenvalue weighted by Gasteiger charge is 2.16. The molecule has 0 aliphatic carbocycles. The van der Waals surface area contributed by atoms with Gasteiger partial charge in [-0.05, 0) is 17.7 Å². The first-order valence-electron chi connectivity index (χ1n) is 5.29. The highest BCUT2D eigenvalue weighted by molar-refractivity contribution is 9.10.